The molecule has 0 radical (unpaired) electrons. The third-order valence-electron chi connectivity index (χ3n) is 4.00. The van der Waals surface area contributed by atoms with Crippen LogP contribution >= 0.6 is 0 Å². The molecule has 0 saturated heterocycles. The zero-order valence-electron chi connectivity index (χ0n) is 12.8. The lowest BCUT2D eigenvalue weighted by Gasteiger charge is -2.48. The minimum atomic E-state index is -1.28. The van der Waals surface area contributed by atoms with Gasteiger partial charge < -0.3 is 0 Å². The van der Waals surface area contributed by atoms with Gasteiger partial charge in [0.05, 0.1) is 16.9 Å². The van der Waals surface area contributed by atoms with Crippen LogP contribution in [0.15, 0.2) is 35.2 Å². The molecule has 0 spiro atoms. The van der Waals surface area contributed by atoms with Gasteiger partial charge in [-0.3, -0.25) is 4.21 Å². The molecule has 1 unspecified atom stereocenters. The van der Waals surface area contributed by atoms with Crippen molar-refractivity contribution < 1.29 is 4.21 Å². The van der Waals surface area contributed by atoms with Gasteiger partial charge in [0.2, 0.25) is 0 Å². The van der Waals surface area contributed by atoms with Gasteiger partial charge in [0.15, 0.2) is 0 Å². The first-order valence-electron chi connectivity index (χ1n) is 7.08. The number of hydrogen-bond donors (Lipinski definition) is 0. The van der Waals surface area contributed by atoms with Crippen LogP contribution in [0.1, 0.15) is 47.0 Å². The van der Waals surface area contributed by atoms with E-state index in [-0.39, 0.29) is 10.8 Å². The molecule has 20 heavy (non-hydrogen) atoms. The molecule has 0 N–H and O–H groups in total. The van der Waals surface area contributed by atoms with Gasteiger partial charge in [0, 0.05) is 4.90 Å². The van der Waals surface area contributed by atoms with Crippen LogP contribution in [0.2, 0.25) is 0 Å². The predicted molar refractivity (Wildman–Crippen MR) is 82.6 cm³/mol. The molecule has 1 aromatic carbocycles. The lowest BCUT2D eigenvalue weighted by molar-refractivity contribution is 0.100. The number of nitriles is 1. The standard InChI is InChI=1S/C17H23NOS/c1-15(2)10-16(3,4)12-17(11-15,13-18)20(19)14-8-6-5-7-9-14/h5-9H,10-12H2,1-4H3. The van der Waals surface area contributed by atoms with Gasteiger partial charge in [0.25, 0.3) is 0 Å². The van der Waals surface area contributed by atoms with Gasteiger partial charge in [0.1, 0.15) is 4.75 Å². The zero-order chi connectivity index (χ0) is 15.0. The summed E-state index contributed by atoms with van der Waals surface area (Å²) in [6.07, 6.45) is 2.46. The molecule has 0 heterocycles. The maximum atomic E-state index is 13.0. The Morgan fingerprint density at radius 1 is 1.00 bits per heavy atom. The third-order valence-corrected chi connectivity index (χ3v) is 5.79. The Labute approximate surface area is 124 Å². The molecule has 1 aromatic rings. The second-order valence-electron chi connectivity index (χ2n) is 7.55. The van der Waals surface area contributed by atoms with Crippen LogP contribution in [0, 0.1) is 22.2 Å². The molecule has 0 aliphatic heterocycles. The lowest BCUT2D eigenvalue weighted by atomic mass is 9.61. The molecule has 2 nitrogen and oxygen atoms in total. The highest BCUT2D eigenvalue weighted by Gasteiger charge is 2.51. The highest BCUT2D eigenvalue weighted by Crippen LogP contribution is 2.52. The van der Waals surface area contributed by atoms with Crippen LogP contribution in [0.5, 0.6) is 0 Å². The van der Waals surface area contributed by atoms with E-state index in [2.05, 4.69) is 33.8 Å². The fourth-order valence-corrected chi connectivity index (χ4v) is 6.03. The molecule has 1 aliphatic carbocycles. The van der Waals surface area contributed by atoms with Crippen molar-refractivity contribution in [1.29, 1.82) is 5.26 Å². The van der Waals surface area contributed by atoms with Crippen LogP contribution in [-0.2, 0) is 10.8 Å². The summed E-state index contributed by atoms with van der Waals surface area (Å²) in [5.41, 5.74) is 0.0871. The van der Waals surface area contributed by atoms with E-state index in [9.17, 15) is 9.47 Å². The summed E-state index contributed by atoms with van der Waals surface area (Å²) >= 11 is 0. The van der Waals surface area contributed by atoms with Crippen LogP contribution < -0.4 is 0 Å². The van der Waals surface area contributed by atoms with Gasteiger partial charge >= 0.3 is 0 Å². The van der Waals surface area contributed by atoms with E-state index < -0.39 is 15.5 Å². The monoisotopic (exact) mass is 289 g/mol. The quantitative estimate of drug-likeness (QED) is 0.814. The van der Waals surface area contributed by atoms with E-state index in [1.54, 1.807) is 0 Å². The second kappa shape index (κ2) is 5.00. The van der Waals surface area contributed by atoms with E-state index >= 15 is 0 Å². The highest BCUT2D eigenvalue weighted by atomic mass is 32.2. The molecule has 0 aromatic heterocycles. The van der Waals surface area contributed by atoms with E-state index in [0.717, 1.165) is 11.3 Å². The molecule has 1 aliphatic rings. The SMILES string of the molecule is CC1(C)CC(C)(C)CC(C#N)(S(=O)c2ccccc2)C1. The number of nitrogens with zero attached hydrogens (tertiary/aromatic N) is 1. The first-order chi connectivity index (χ1) is 9.20. The molecule has 1 atom stereocenters. The smallest absolute Gasteiger partial charge is 0.138 e. The molecular weight excluding hydrogens is 266 g/mol. The third kappa shape index (κ3) is 2.96. The molecular formula is C17H23NOS. The van der Waals surface area contributed by atoms with Crippen LogP contribution in [0.4, 0.5) is 0 Å². The maximum Gasteiger partial charge on any atom is 0.138 e. The molecule has 2 rings (SSSR count). The molecule has 0 amide bonds. The summed E-state index contributed by atoms with van der Waals surface area (Å²) in [6.45, 7) is 8.73. The van der Waals surface area contributed by atoms with Gasteiger partial charge in [-0.05, 0) is 42.2 Å². The zero-order valence-corrected chi connectivity index (χ0v) is 13.6. The number of hydrogen-bond acceptors (Lipinski definition) is 2. The first-order valence-corrected chi connectivity index (χ1v) is 8.23. The summed E-state index contributed by atoms with van der Waals surface area (Å²) < 4.78 is 12.2. The van der Waals surface area contributed by atoms with Crippen molar-refractivity contribution in [3.8, 4) is 6.07 Å². The largest absolute Gasteiger partial charge is 0.253 e. The molecule has 1 fully saturated rings. The molecule has 3 heteroatoms. The van der Waals surface area contributed by atoms with Crippen molar-refractivity contribution in [1.82, 2.24) is 0 Å². The Bertz CT molecular complexity index is 538. The lowest BCUT2D eigenvalue weighted by Crippen LogP contribution is -2.47. The second-order valence-corrected chi connectivity index (χ2v) is 9.34. The van der Waals surface area contributed by atoms with E-state index in [4.69, 9.17) is 0 Å². The fraction of sp³-hybridized carbons (Fsp3) is 0.588. The molecule has 108 valence electrons. The van der Waals surface area contributed by atoms with Gasteiger partial charge in [-0.1, -0.05) is 45.9 Å². The normalized spacial score (nSPS) is 24.6. The average molecular weight is 289 g/mol. The van der Waals surface area contributed by atoms with Gasteiger partial charge in [-0.25, -0.2) is 0 Å². The van der Waals surface area contributed by atoms with Crippen molar-refractivity contribution in [3.05, 3.63) is 30.3 Å². The Morgan fingerprint density at radius 3 is 1.95 bits per heavy atom. The minimum absolute atomic E-state index is 0.0436. The Hall–Kier alpha value is -1.14. The first kappa shape index (κ1) is 15.3. The predicted octanol–water partition coefficient (Wildman–Crippen LogP) is 4.29. The fourth-order valence-electron chi connectivity index (χ4n) is 4.05. The average Bonchev–Trinajstić information content (AvgIpc) is 2.35. The van der Waals surface area contributed by atoms with Crippen molar-refractivity contribution in [2.24, 2.45) is 10.8 Å². The summed E-state index contributed by atoms with van der Waals surface area (Å²) in [7, 11) is -1.28. The summed E-state index contributed by atoms with van der Waals surface area (Å²) in [5.74, 6) is 0. The van der Waals surface area contributed by atoms with Crippen molar-refractivity contribution in [3.63, 3.8) is 0 Å². The summed E-state index contributed by atoms with van der Waals surface area (Å²) in [4.78, 5) is 0.766. The van der Waals surface area contributed by atoms with E-state index in [1.165, 1.54) is 0 Å². The Balaban J connectivity index is 2.44. The topological polar surface area (TPSA) is 40.9 Å². The number of rotatable bonds is 2. The van der Waals surface area contributed by atoms with Gasteiger partial charge in [-0.2, -0.15) is 5.26 Å². The Morgan fingerprint density at radius 2 is 1.50 bits per heavy atom. The maximum absolute atomic E-state index is 13.0. The molecule has 1 saturated carbocycles. The Kier molecular flexibility index (Phi) is 3.81. The summed E-state index contributed by atoms with van der Waals surface area (Å²) in [6, 6.07) is 11.8. The minimum Gasteiger partial charge on any atom is -0.253 e. The van der Waals surface area contributed by atoms with Crippen molar-refractivity contribution in [2.75, 3.05) is 0 Å². The highest BCUT2D eigenvalue weighted by molar-refractivity contribution is 7.86. The van der Waals surface area contributed by atoms with Crippen LogP contribution in [0.3, 0.4) is 0 Å². The number of benzene rings is 1. The van der Waals surface area contributed by atoms with Crippen molar-refractivity contribution in [2.45, 2.75) is 56.6 Å². The summed E-state index contributed by atoms with van der Waals surface area (Å²) in [5, 5.41) is 9.79. The van der Waals surface area contributed by atoms with Crippen molar-refractivity contribution >= 4 is 10.8 Å². The van der Waals surface area contributed by atoms with Crippen LogP contribution in [0.25, 0.3) is 0 Å². The molecule has 0 bridgehead atoms. The van der Waals surface area contributed by atoms with E-state index in [1.807, 2.05) is 30.3 Å². The van der Waals surface area contributed by atoms with Gasteiger partial charge in [-0.15, -0.1) is 0 Å². The van der Waals surface area contributed by atoms with E-state index in [0.29, 0.717) is 12.8 Å². The van der Waals surface area contributed by atoms with Crippen LogP contribution in [-0.4, -0.2) is 8.96 Å².